The van der Waals surface area contributed by atoms with E-state index in [-0.39, 0.29) is 4.90 Å². The molecule has 0 radical (unpaired) electrons. The smallest absolute Gasteiger partial charge is 0.288 e. The van der Waals surface area contributed by atoms with Gasteiger partial charge in [-0.2, -0.15) is 0 Å². The topological polar surface area (TPSA) is 98.5 Å². The maximum atomic E-state index is 11.7. The predicted octanol–water partition coefficient (Wildman–Crippen LogP) is 2.80. The maximum absolute atomic E-state index is 11.7. The molecule has 0 heterocycles. The fourth-order valence-electron chi connectivity index (χ4n) is 2.15. The molecule has 24 heavy (non-hydrogen) atoms. The number of nitro benzene ring substituents is 1. The van der Waals surface area contributed by atoms with Crippen LogP contribution < -0.4 is 10.1 Å². The lowest BCUT2D eigenvalue weighted by molar-refractivity contribution is -0.387. The number of nitrogens with one attached hydrogen (secondary N) is 1. The normalized spacial score (nSPS) is 11.1. The van der Waals surface area contributed by atoms with Gasteiger partial charge in [-0.05, 0) is 30.7 Å². The monoisotopic (exact) mass is 350 g/mol. The van der Waals surface area contributed by atoms with Crippen LogP contribution in [0.15, 0.2) is 47.4 Å². The van der Waals surface area contributed by atoms with Crippen LogP contribution in [0.3, 0.4) is 0 Å². The van der Waals surface area contributed by atoms with Crippen molar-refractivity contribution in [2.75, 3.05) is 24.7 Å². The molecule has 0 saturated heterocycles. The van der Waals surface area contributed by atoms with Crippen LogP contribution in [0.1, 0.15) is 5.56 Å². The molecule has 1 N–H and O–H groups in total. The Morgan fingerprint density at radius 1 is 1.21 bits per heavy atom. The molecule has 8 heteroatoms. The predicted molar refractivity (Wildman–Crippen MR) is 91.4 cm³/mol. The zero-order valence-corrected chi connectivity index (χ0v) is 14.2. The molecule has 0 fully saturated rings. The molecule has 0 aliphatic carbocycles. The van der Waals surface area contributed by atoms with Crippen molar-refractivity contribution in [3.63, 3.8) is 0 Å². The van der Waals surface area contributed by atoms with Gasteiger partial charge >= 0.3 is 0 Å². The molecule has 0 aliphatic rings. The van der Waals surface area contributed by atoms with Gasteiger partial charge in [0.05, 0.1) is 4.92 Å². The minimum atomic E-state index is -3.69. The van der Waals surface area contributed by atoms with Crippen LogP contribution in [0, 0.1) is 17.0 Å². The van der Waals surface area contributed by atoms with E-state index in [1.807, 2.05) is 31.2 Å². The van der Waals surface area contributed by atoms with E-state index in [4.69, 9.17) is 4.74 Å². The number of para-hydroxylation sites is 1. The average molecular weight is 350 g/mol. The molecule has 7 nitrogen and oxygen atoms in total. The lowest BCUT2D eigenvalue weighted by Crippen LogP contribution is -2.12. The third-order valence-electron chi connectivity index (χ3n) is 3.34. The zero-order valence-electron chi connectivity index (χ0n) is 13.4. The second-order valence-electron chi connectivity index (χ2n) is 5.25. The maximum Gasteiger partial charge on any atom is 0.288 e. The molecule has 128 valence electrons. The highest BCUT2D eigenvalue weighted by Crippen LogP contribution is 2.27. The number of aryl methyl sites for hydroxylation is 1. The second kappa shape index (κ2) is 7.31. The fraction of sp³-hybridized carbons (Fsp3) is 0.250. The number of hydrogen-bond acceptors (Lipinski definition) is 6. The van der Waals surface area contributed by atoms with E-state index < -0.39 is 20.4 Å². The van der Waals surface area contributed by atoms with Gasteiger partial charge in [-0.15, -0.1) is 0 Å². The summed E-state index contributed by atoms with van der Waals surface area (Å²) >= 11 is 0. The quantitative estimate of drug-likeness (QED) is 0.468. The molecule has 0 spiro atoms. The fourth-order valence-corrected chi connectivity index (χ4v) is 3.01. The Kier molecular flexibility index (Phi) is 5.40. The van der Waals surface area contributed by atoms with E-state index in [9.17, 15) is 18.5 Å². The van der Waals surface area contributed by atoms with E-state index in [0.717, 1.165) is 17.6 Å². The Morgan fingerprint density at radius 3 is 2.54 bits per heavy atom. The number of anilines is 1. The van der Waals surface area contributed by atoms with Crippen LogP contribution in [0.2, 0.25) is 0 Å². The number of ether oxygens (including phenoxy) is 1. The van der Waals surface area contributed by atoms with Gasteiger partial charge < -0.3 is 10.1 Å². The van der Waals surface area contributed by atoms with E-state index in [0.29, 0.717) is 18.8 Å². The lowest BCUT2D eigenvalue weighted by Gasteiger charge is -2.11. The summed E-state index contributed by atoms with van der Waals surface area (Å²) in [5.41, 5.74) is 1.07. The van der Waals surface area contributed by atoms with E-state index in [1.54, 1.807) is 0 Å². The Balaban J connectivity index is 2.03. The van der Waals surface area contributed by atoms with Crippen LogP contribution >= 0.6 is 0 Å². The molecule has 0 atom stereocenters. The molecular formula is C16H18N2O5S. The first-order chi connectivity index (χ1) is 11.3. The van der Waals surface area contributed by atoms with Crippen LogP contribution in [0.5, 0.6) is 5.75 Å². The van der Waals surface area contributed by atoms with Crippen LogP contribution in [-0.2, 0) is 9.84 Å². The zero-order chi connectivity index (χ0) is 17.7. The molecule has 2 aromatic rings. The Bertz CT molecular complexity index is 849. The number of nitrogens with zero attached hydrogens (tertiary/aromatic N) is 1. The minimum Gasteiger partial charge on any atom is -0.491 e. The first-order valence-corrected chi connectivity index (χ1v) is 9.09. The third kappa shape index (κ3) is 4.45. The van der Waals surface area contributed by atoms with Crippen molar-refractivity contribution in [3.8, 4) is 5.75 Å². The lowest BCUT2D eigenvalue weighted by atomic mass is 10.2. The Morgan fingerprint density at radius 2 is 1.92 bits per heavy atom. The highest BCUT2D eigenvalue weighted by atomic mass is 32.2. The van der Waals surface area contributed by atoms with Crippen LogP contribution in [0.4, 0.5) is 11.4 Å². The summed E-state index contributed by atoms with van der Waals surface area (Å²) in [7, 11) is -3.69. The summed E-state index contributed by atoms with van der Waals surface area (Å²) in [6.07, 6.45) is 0.945. The highest BCUT2D eigenvalue weighted by molar-refractivity contribution is 7.90. The molecule has 2 rings (SSSR count). The molecule has 0 saturated carbocycles. The summed E-state index contributed by atoms with van der Waals surface area (Å²) < 4.78 is 29.0. The second-order valence-corrected chi connectivity index (χ2v) is 7.24. The number of benzene rings is 2. The summed E-state index contributed by atoms with van der Waals surface area (Å²) in [5.74, 6) is 0.778. The minimum absolute atomic E-state index is 0.308. The molecule has 0 bridgehead atoms. The number of hydrogen-bond donors (Lipinski definition) is 1. The number of sulfone groups is 1. The van der Waals surface area contributed by atoms with Gasteiger partial charge in [0, 0.05) is 24.6 Å². The molecule has 0 amide bonds. The van der Waals surface area contributed by atoms with Gasteiger partial charge in [0.15, 0.2) is 9.84 Å². The largest absolute Gasteiger partial charge is 0.491 e. The van der Waals surface area contributed by atoms with Gasteiger partial charge in [-0.25, -0.2) is 8.42 Å². The molecule has 0 unspecified atom stereocenters. The van der Waals surface area contributed by atoms with Gasteiger partial charge in [0.25, 0.3) is 5.69 Å². The van der Waals surface area contributed by atoms with Crippen molar-refractivity contribution in [2.45, 2.75) is 11.8 Å². The van der Waals surface area contributed by atoms with Gasteiger partial charge in [-0.1, -0.05) is 18.2 Å². The third-order valence-corrected chi connectivity index (χ3v) is 4.46. The van der Waals surface area contributed by atoms with E-state index in [1.165, 1.54) is 18.2 Å². The van der Waals surface area contributed by atoms with Crippen LogP contribution in [0.25, 0.3) is 0 Å². The average Bonchev–Trinajstić information content (AvgIpc) is 2.52. The molecule has 0 aliphatic heterocycles. The van der Waals surface area contributed by atoms with Crippen molar-refractivity contribution >= 4 is 21.2 Å². The van der Waals surface area contributed by atoms with Crippen molar-refractivity contribution in [1.82, 2.24) is 0 Å². The SMILES string of the molecule is Cc1ccccc1OCCNc1ccc([N+](=O)[O-])c(S(C)(=O)=O)c1. The van der Waals surface area contributed by atoms with Gasteiger partial charge in [-0.3, -0.25) is 10.1 Å². The van der Waals surface area contributed by atoms with Crippen molar-refractivity contribution in [3.05, 3.63) is 58.1 Å². The van der Waals surface area contributed by atoms with Crippen LogP contribution in [-0.4, -0.2) is 32.7 Å². The molecular weight excluding hydrogens is 332 g/mol. The summed E-state index contributed by atoms with van der Waals surface area (Å²) in [6, 6.07) is 11.5. The van der Waals surface area contributed by atoms with Crippen molar-refractivity contribution in [2.24, 2.45) is 0 Å². The first-order valence-electron chi connectivity index (χ1n) is 7.20. The summed E-state index contributed by atoms with van der Waals surface area (Å²) in [5, 5.41) is 13.9. The number of rotatable bonds is 7. The number of nitro groups is 1. The first kappa shape index (κ1) is 17.7. The molecule has 0 aromatic heterocycles. The summed E-state index contributed by atoms with van der Waals surface area (Å²) in [6.45, 7) is 2.74. The highest BCUT2D eigenvalue weighted by Gasteiger charge is 2.22. The summed E-state index contributed by atoms with van der Waals surface area (Å²) in [4.78, 5) is 9.91. The van der Waals surface area contributed by atoms with E-state index in [2.05, 4.69) is 5.32 Å². The Hall–Kier alpha value is -2.61. The Labute approximate surface area is 140 Å². The van der Waals surface area contributed by atoms with Crippen molar-refractivity contribution in [1.29, 1.82) is 0 Å². The van der Waals surface area contributed by atoms with Gasteiger partial charge in [0.1, 0.15) is 17.3 Å². The molecule has 2 aromatic carbocycles. The van der Waals surface area contributed by atoms with Gasteiger partial charge in [0.2, 0.25) is 0 Å². The standard InChI is InChI=1S/C16H18N2O5S/c1-12-5-3-4-6-15(12)23-10-9-17-13-7-8-14(18(19)20)16(11-13)24(2,21)22/h3-8,11,17H,9-10H2,1-2H3. The van der Waals surface area contributed by atoms with E-state index >= 15 is 0 Å². The van der Waals surface area contributed by atoms with Crippen molar-refractivity contribution < 1.29 is 18.1 Å².